The predicted octanol–water partition coefficient (Wildman–Crippen LogP) is 2.59. The molecule has 1 aromatic carbocycles. The van der Waals surface area contributed by atoms with E-state index >= 15 is 0 Å². The zero-order valence-corrected chi connectivity index (χ0v) is 13.5. The lowest BCUT2D eigenvalue weighted by Crippen LogP contribution is -2.50. The van der Waals surface area contributed by atoms with Gasteiger partial charge in [0.2, 0.25) is 0 Å². The molecule has 3 nitrogen and oxygen atoms in total. The van der Waals surface area contributed by atoms with Crippen LogP contribution in [0.15, 0.2) is 30.3 Å². The molecule has 0 saturated carbocycles. The van der Waals surface area contributed by atoms with Gasteiger partial charge in [0.1, 0.15) is 0 Å². The summed E-state index contributed by atoms with van der Waals surface area (Å²) in [6.45, 7) is 7.56. The van der Waals surface area contributed by atoms with Gasteiger partial charge < -0.3 is 15.7 Å². The fraction of sp³-hybridized carbons (Fsp3) is 0.667. The summed E-state index contributed by atoms with van der Waals surface area (Å²) in [6, 6.07) is 10.0. The van der Waals surface area contributed by atoms with Gasteiger partial charge in [-0.05, 0) is 49.8 Å². The maximum Gasteiger partial charge on any atom is 0.0772 e. The van der Waals surface area contributed by atoms with Gasteiger partial charge in [0.15, 0.2) is 0 Å². The van der Waals surface area contributed by atoms with Crippen LogP contribution in [-0.2, 0) is 5.54 Å². The van der Waals surface area contributed by atoms with Crippen LogP contribution in [0.3, 0.4) is 0 Å². The van der Waals surface area contributed by atoms with E-state index in [0.29, 0.717) is 0 Å². The van der Waals surface area contributed by atoms with Crippen LogP contribution in [0, 0.1) is 11.8 Å². The first-order valence-corrected chi connectivity index (χ1v) is 8.23. The van der Waals surface area contributed by atoms with E-state index in [2.05, 4.69) is 18.7 Å². The van der Waals surface area contributed by atoms with E-state index in [1.165, 1.54) is 19.3 Å². The molecular weight excluding hydrogens is 260 g/mol. The number of nitrogens with two attached hydrogens (primary N) is 1. The highest BCUT2D eigenvalue weighted by atomic mass is 16.3. The minimum atomic E-state index is -0.654. The molecule has 0 bridgehead atoms. The number of aliphatic hydroxyl groups is 1. The Morgan fingerprint density at radius 1 is 1.24 bits per heavy atom. The molecule has 1 fully saturated rings. The number of rotatable bonds is 5. The van der Waals surface area contributed by atoms with Gasteiger partial charge >= 0.3 is 0 Å². The lowest BCUT2D eigenvalue weighted by Gasteiger charge is -2.34. The Hall–Kier alpha value is -0.900. The van der Waals surface area contributed by atoms with Crippen LogP contribution in [0.4, 0.5) is 0 Å². The van der Waals surface area contributed by atoms with Crippen LogP contribution in [0.2, 0.25) is 0 Å². The summed E-state index contributed by atoms with van der Waals surface area (Å²) in [6.07, 6.45) is 3.79. The third-order valence-corrected chi connectivity index (χ3v) is 4.94. The largest absolute Gasteiger partial charge is 0.394 e. The standard InChI is InChI=1S/C18H30N2O/c1-15(2)16-7-6-11-20(12-10-16)13-18(19,14-21)17-8-4-3-5-9-17/h3-5,8-9,15-16,21H,6-7,10-14,19H2,1-2H3. The molecule has 2 unspecified atom stereocenters. The van der Waals surface area contributed by atoms with E-state index in [1.54, 1.807) is 0 Å². The quantitative estimate of drug-likeness (QED) is 0.876. The van der Waals surface area contributed by atoms with Crippen LogP contribution in [0.5, 0.6) is 0 Å². The fourth-order valence-corrected chi connectivity index (χ4v) is 3.41. The van der Waals surface area contributed by atoms with Gasteiger partial charge in [-0.3, -0.25) is 0 Å². The Kier molecular flexibility index (Phi) is 5.80. The fourth-order valence-electron chi connectivity index (χ4n) is 3.41. The van der Waals surface area contributed by atoms with Crippen molar-refractivity contribution < 1.29 is 5.11 Å². The lowest BCUT2D eigenvalue weighted by atomic mass is 9.89. The second kappa shape index (κ2) is 7.39. The highest BCUT2D eigenvalue weighted by molar-refractivity contribution is 5.24. The van der Waals surface area contributed by atoms with Crippen LogP contribution in [0.25, 0.3) is 0 Å². The number of benzene rings is 1. The Labute approximate surface area is 129 Å². The number of aliphatic hydroxyl groups excluding tert-OH is 1. The monoisotopic (exact) mass is 290 g/mol. The molecule has 0 amide bonds. The Morgan fingerprint density at radius 2 is 1.95 bits per heavy atom. The molecule has 3 heteroatoms. The van der Waals surface area contributed by atoms with Crippen molar-refractivity contribution in [3.63, 3.8) is 0 Å². The molecule has 1 saturated heterocycles. The summed E-state index contributed by atoms with van der Waals surface area (Å²) in [7, 11) is 0. The van der Waals surface area contributed by atoms with E-state index in [4.69, 9.17) is 5.73 Å². The van der Waals surface area contributed by atoms with E-state index < -0.39 is 5.54 Å². The Balaban J connectivity index is 2.02. The molecule has 118 valence electrons. The normalized spacial score (nSPS) is 23.8. The maximum absolute atomic E-state index is 9.83. The van der Waals surface area contributed by atoms with Crippen molar-refractivity contribution >= 4 is 0 Å². The van der Waals surface area contributed by atoms with Crippen LogP contribution in [0.1, 0.15) is 38.7 Å². The molecule has 0 aliphatic carbocycles. The third-order valence-electron chi connectivity index (χ3n) is 4.94. The first kappa shape index (κ1) is 16.5. The third kappa shape index (κ3) is 4.29. The summed E-state index contributed by atoms with van der Waals surface area (Å²) in [5, 5.41) is 9.83. The molecule has 1 aromatic rings. The number of likely N-dealkylation sites (tertiary alicyclic amines) is 1. The highest BCUT2D eigenvalue weighted by Gasteiger charge is 2.30. The van der Waals surface area contributed by atoms with Crippen LogP contribution >= 0.6 is 0 Å². The molecule has 3 N–H and O–H groups in total. The summed E-state index contributed by atoms with van der Waals surface area (Å²) < 4.78 is 0. The summed E-state index contributed by atoms with van der Waals surface area (Å²) in [5.41, 5.74) is 6.87. The molecule has 0 spiro atoms. The lowest BCUT2D eigenvalue weighted by molar-refractivity contribution is 0.136. The minimum Gasteiger partial charge on any atom is -0.394 e. The number of hydrogen-bond donors (Lipinski definition) is 2. The van der Waals surface area contributed by atoms with Crippen molar-refractivity contribution in [1.29, 1.82) is 0 Å². The Morgan fingerprint density at radius 3 is 2.57 bits per heavy atom. The van der Waals surface area contributed by atoms with Gasteiger partial charge in [-0.1, -0.05) is 44.2 Å². The van der Waals surface area contributed by atoms with Gasteiger partial charge in [0.25, 0.3) is 0 Å². The summed E-state index contributed by atoms with van der Waals surface area (Å²) in [5.74, 6) is 1.59. The average molecular weight is 290 g/mol. The maximum atomic E-state index is 9.83. The summed E-state index contributed by atoms with van der Waals surface area (Å²) in [4.78, 5) is 2.44. The van der Waals surface area contributed by atoms with Crippen molar-refractivity contribution in [2.75, 3.05) is 26.2 Å². The van der Waals surface area contributed by atoms with Gasteiger partial charge in [0, 0.05) is 6.54 Å². The second-order valence-corrected chi connectivity index (χ2v) is 6.89. The second-order valence-electron chi connectivity index (χ2n) is 6.89. The molecule has 1 aliphatic rings. The van der Waals surface area contributed by atoms with E-state index in [-0.39, 0.29) is 6.61 Å². The average Bonchev–Trinajstić information content (AvgIpc) is 2.73. The molecule has 0 aromatic heterocycles. The minimum absolute atomic E-state index is 0.0128. The van der Waals surface area contributed by atoms with E-state index in [0.717, 1.165) is 37.0 Å². The molecule has 2 rings (SSSR count). The van der Waals surface area contributed by atoms with Gasteiger partial charge in [-0.25, -0.2) is 0 Å². The highest BCUT2D eigenvalue weighted by Crippen LogP contribution is 2.26. The number of nitrogens with zero attached hydrogens (tertiary/aromatic N) is 1. The smallest absolute Gasteiger partial charge is 0.0772 e. The first-order valence-electron chi connectivity index (χ1n) is 8.23. The van der Waals surface area contributed by atoms with Gasteiger partial charge in [-0.15, -0.1) is 0 Å². The molecular formula is C18H30N2O. The SMILES string of the molecule is CC(C)C1CCCN(CC(N)(CO)c2ccccc2)CC1. The van der Waals surface area contributed by atoms with Crippen molar-refractivity contribution in [1.82, 2.24) is 4.90 Å². The summed E-state index contributed by atoms with van der Waals surface area (Å²) >= 11 is 0. The van der Waals surface area contributed by atoms with E-state index in [9.17, 15) is 5.11 Å². The molecule has 0 radical (unpaired) electrons. The van der Waals surface area contributed by atoms with Gasteiger partial charge in [0.05, 0.1) is 12.1 Å². The van der Waals surface area contributed by atoms with Crippen molar-refractivity contribution in [2.45, 2.75) is 38.6 Å². The van der Waals surface area contributed by atoms with Gasteiger partial charge in [-0.2, -0.15) is 0 Å². The van der Waals surface area contributed by atoms with Crippen molar-refractivity contribution in [3.8, 4) is 0 Å². The molecule has 2 atom stereocenters. The predicted molar refractivity (Wildman–Crippen MR) is 88.0 cm³/mol. The first-order chi connectivity index (χ1) is 10.0. The van der Waals surface area contributed by atoms with E-state index in [1.807, 2.05) is 30.3 Å². The molecule has 1 heterocycles. The topological polar surface area (TPSA) is 49.5 Å². The molecule has 1 aliphatic heterocycles. The number of hydrogen-bond acceptors (Lipinski definition) is 3. The molecule has 21 heavy (non-hydrogen) atoms. The van der Waals surface area contributed by atoms with Crippen molar-refractivity contribution in [3.05, 3.63) is 35.9 Å². The van der Waals surface area contributed by atoms with Crippen LogP contribution in [-0.4, -0.2) is 36.2 Å². The Bertz CT molecular complexity index is 420. The zero-order valence-electron chi connectivity index (χ0n) is 13.5. The van der Waals surface area contributed by atoms with Crippen LogP contribution < -0.4 is 5.73 Å². The zero-order chi connectivity index (χ0) is 15.3. The van der Waals surface area contributed by atoms with Crippen molar-refractivity contribution in [2.24, 2.45) is 17.6 Å².